The van der Waals surface area contributed by atoms with Gasteiger partial charge in [-0.1, -0.05) is 42.5 Å². The van der Waals surface area contributed by atoms with Crippen LogP contribution in [0.1, 0.15) is 29.8 Å². The second-order valence-corrected chi connectivity index (χ2v) is 10.2. The van der Waals surface area contributed by atoms with Gasteiger partial charge < -0.3 is 20.7 Å². The fourth-order valence-corrected chi connectivity index (χ4v) is 4.69. The zero-order chi connectivity index (χ0) is 29.0. The number of pyridine rings is 1. The molecule has 1 unspecified atom stereocenters. The van der Waals surface area contributed by atoms with Gasteiger partial charge in [0.1, 0.15) is 11.4 Å². The predicted octanol–water partition coefficient (Wildman–Crippen LogP) is 6.01. The lowest BCUT2D eigenvalue weighted by atomic mass is 10.1. The van der Waals surface area contributed by atoms with Crippen molar-refractivity contribution >= 4 is 46.9 Å². The molecule has 0 saturated carbocycles. The minimum atomic E-state index is -0.508. The third kappa shape index (κ3) is 8.55. The Hall–Kier alpha value is -4.89. The molecule has 0 fully saturated rings. The van der Waals surface area contributed by atoms with Crippen molar-refractivity contribution < 1.29 is 19.1 Å². The predicted molar refractivity (Wildman–Crippen MR) is 163 cm³/mol. The summed E-state index contributed by atoms with van der Waals surface area (Å²) in [6.07, 6.45) is 4.81. The van der Waals surface area contributed by atoms with Gasteiger partial charge in [-0.3, -0.25) is 19.4 Å². The summed E-state index contributed by atoms with van der Waals surface area (Å²) in [5, 5.41) is 8.08. The van der Waals surface area contributed by atoms with Crippen molar-refractivity contribution in [1.82, 2.24) is 10.3 Å². The van der Waals surface area contributed by atoms with Gasteiger partial charge in [0.2, 0.25) is 5.91 Å². The highest BCUT2D eigenvalue weighted by molar-refractivity contribution is 8.00. The van der Waals surface area contributed by atoms with E-state index in [1.165, 1.54) is 11.8 Å². The molecule has 0 spiro atoms. The van der Waals surface area contributed by atoms with E-state index < -0.39 is 17.1 Å². The quantitative estimate of drug-likeness (QED) is 0.152. The normalized spacial score (nSPS) is 11.7. The maximum atomic E-state index is 13.5. The van der Waals surface area contributed by atoms with Crippen molar-refractivity contribution in [2.45, 2.75) is 24.0 Å². The molecule has 4 aromatic rings. The van der Waals surface area contributed by atoms with Gasteiger partial charge in [0.25, 0.3) is 11.8 Å². The van der Waals surface area contributed by atoms with Crippen LogP contribution in [0, 0.1) is 0 Å². The number of aromatic nitrogens is 1. The van der Waals surface area contributed by atoms with E-state index in [0.717, 1.165) is 4.90 Å². The minimum absolute atomic E-state index is 0.0501. The third-order valence-electron chi connectivity index (χ3n) is 5.77. The molecule has 208 valence electrons. The van der Waals surface area contributed by atoms with Crippen LogP contribution in [-0.4, -0.2) is 34.6 Å². The van der Waals surface area contributed by atoms with Crippen LogP contribution in [0.4, 0.5) is 11.4 Å². The molecule has 9 heteroatoms. The number of rotatable bonds is 11. The molecule has 0 saturated heterocycles. The Labute approximate surface area is 243 Å². The fraction of sp³-hybridized carbons (Fsp3) is 0.125. The SMILES string of the molecule is CCOc1ccccc1/C=C(/NC(=O)c1ccccc1)C(=O)Nc1cccc(SC(C)C(=O)Nc2ccncc2)c1. The molecular weight excluding hydrogens is 536 g/mol. The van der Waals surface area contributed by atoms with Gasteiger partial charge in [0.05, 0.1) is 11.9 Å². The number of thioether (sulfide) groups is 1. The average molecular weight is 567 g/mol. The monoisotopic (exact) mass is 566 g/mol. The zero-order valence-corrected chi connectivity index (χ0v) is 23.5. The van der Waals surface area contributed by atoms with Crippen LogP contribution in [-0.2, 0) is 9.59 Å². The van der Waals surface area contributed by atoms with Crippen LogP contribution in [0.15, 0.2) is 114 Å². The Balaban J connectivity index is 1.52. The van der Waals surface area contributed by atoms with Gasteiger partial charge in [0, 0.05) is 39.8 Å². The summed E-state index contributed by atoms with van der Waals surface area (Å²) < 4.78 is 5.71. The van der Waals surface area contributed by atoms with Crippen molar-refractivity contribution in [2.24, 2.45) is 0 Å². The maximum absolute atomic E-state index is 13.5. The summed E-state index contributed by atoms with van der Waals surface area (Å²) in [4.78, 5) is 43.9. The van der Waals surface area contributed by atoms with Gasteiger partial charge in [-0.2, -0.15) is 0 Å². The van der Waals surface area contributed by atoms with Gasteiger partial charge in [0.15, 0.2) is 0 Å². The summed E-state index contributed by atoms with van der Waals surface area (Å²) in [5.74, 6) is -0.491. The molecule has 0 aliphatic heterocycles. The number of hydrogen-bond donors (Lipinski definition) is 3. The van der Waals surface area contributed by atoms with Crippen LogP contribution in [0.2, 0.25) is 0 Å². The van der Waals surface area contributed by atoms with Gasteiger partial charge in [-0.15, -0.1) is 11.8 Å². The molecule has 3 amide bonds. The van der Waals surface area contributed by atoms with E-state index in [4.69, 9.17) is 4.74 Å². The van der Waals surface area contributed by atoms with Gasteiger partial charge in [-0.25, -0.2) is 0 Å². The Bertz CT molecular complexity index is 1530. The molecular formula is C32H30N4O4S. The molecule has 8 nitrogen and oxygen atoms in total. The molecule has 0 aliphatic rings. The first-order chi connectivity index (χ1) is 19.9. The van der Waals surface area contributed by atoms with Crippen LogP contribution in [0.3, 0.4) is 0 Å². The second-order valence-electron chi connectivity index (χ2n) is 8.82. The molecule has 1 atom stereocenters. The lowest BCUT2D eigenvalue weighted by Gasteiger charge is -2.14. The van der Waals surface area contributed by atoms with E-state index in [9.17, 15) is 14.4 Å². The van der Waals surface area contributed by atoms with Crippen molar-refractivity contribution in [3.63, 3.8) is 0 Å². The molecule has 3 N–H and O–H groups in total. The summed E-state index contributed by atoms with van der Waals surface area (Å²) in [5.41, 5.74) is 2.29. The Morgan fingerprint density at radius 2 is 1.61 bits per heavy atom. The van der Waals surface area contributed by atoms with Crippen molar-refractivity contribution in [2.75, 3.05) is 17.2 Å². The molecule has 41 heavy (non-hydrogen) atoms. The number of carbonyl (C=O) groups is 3. The number of benzene rings is 3. The lowest BCUT2D eigenvalue weighted by Crippen LogP contribution is -2.30. The van der Waals surface area contributed by atoms with Crippen LogP contribution in [0.5, 0.6) is 5.75 Å². The maximum Gasteiger partial charge on any atom is 0.272 e. The number of nitrogens with one attached hydrogen (secondary N) is 3. The van der Waals surface area contributed by atoms with E-state index in [-0.39, 0.29) is 11.6 Å². The number of hydrogen-bond acceptors (Lipinski definition) is 6. The number of ether oxygens (including phenoxy) is 1. The molecule has 1 heterocycles. The largest absolute Gasteiger partial charge is 0.493 e. The van der Waals surface area contributed by atoms with Gasteiger partial charge >= 0.3 is 0 Å². The first-order valence-corrected chi connectivity index (χ1v) is 13.9. The van der Waals surface area contributed by atoms with E-state index in [1.54, 1.807) is 79.1 Å². The number of carbonyl (C=O) groups excluding carboxylic acids is 3. The van der Waals surface area contributed by atoms with E-state index in [2.05, 4.69) is 20.9 Å². The highest BCUT2D eigenvalue weighted by Gasteiger charge is 2.18. The van der Waals surface area contributed by atoms with E-state index >= 15 is 0 Å². The molecule has 3 aromatic carbocycles. The third-order valence-corrected chi connectivity index (χ3v) is 6.86. The summed E-state index contributed by atoms with van der Waals surface area (Å²) in [6, 6.07) is 26.6. The Kier molecular flexibility index (Phi) is 10.3. The fourth-order valence-electron chi connectivity index (χ4n) is 3.77. The topological polar surface area (TPSA) is 109 Å². The van der Waals surface area contributed by atoms with Crippen molar-refractivity contribution in [3.05, 3.63) is 120 Å². The lowest BCUT2D eigenvalue weighted by molar-refractivity contribution is -0.115. The molecule has 4 rings (SSSR count). The van der Waals surface area contributed by atoms with E-state index in [1.807, 2.05) is 44.2 Å². The molecule has 0 bridgehead atoms. The Morgan fingerprint density at radius 3 is 2.37 bits per heavy atom. The van der Waals surface area contributed by atoms with Crippen LogP contribution in [0.25, 0.3) is 6.08 Å². The smallest absolute Gasteiger partial charge is 0.272 e. The first-order valence-electron chi connectivity index (χ1n) is 13.0. The molecule has 0 radical (unpaired) electrons. The molecule has 1 aromatic heterocycles. The number of amides is 3. The summed E-state index contributed by atoms with van der Waals surface area (Å²) in [7, 11) is 0. The Morgan fingerprint density at radius 1 is 0.878 bits per heavy atom. The van der Waals surface area contributed by atoms with Crippen LogP contribution >= 0.6 is 11.8 Å². The highest BCUT2D eigenvalue weighted by Crippen LogP contribution is 2.27. The van der Waals surface area contributed by atoms with Crippen molar-refractivity contribution in [1.29, 1.82) is 0 Å². The minimum Gasteiger partial charge on any atom is -0.493 e. The van der Waals surface area contributed by atoms with Crippen molar-refractivity contribution in [3.8, 4) is 5.75 Å². The van der Waals surface area contributed by atoms with Crippen LogP contribution < -0.4 is 20.7 Å². The summed E-state index contributed by atoms with van der Waals surface area (Å²) in [6.45, 7) is 4.13. The number of para-hydroxylation sites is 1. The zero-order valence-electron chi connectivity index (χ0n) is 22.7. The number of anilines is 2. The second kappa shape index (κ2) is 14.5. The average Bonchev–Trinajstić information content (AvgIpc) is 2.99. The summed E-state index contributed by atoms with van der Waals surface area (Å²) >= 11 is 1.36. The van der Waals surface area contributed by atoms with E-state index in [0.29, 0.717) is 34.9 Å². The highest BCUT2D eigenvalue weighted by atomic mass is 32.2. The van der Waals surface area contributed by atoms with Gasteiger partial charge in [-0.05, 0) is 68.5 Å². The number of nitrogens with zero attached hydrogens (tertiary/aromatic N) is 1. The molecule has 0 aliphatic carbocycles. The first kappa shape index (κ1) is 29.1. The standard InChI is InChI=1S/C32H30N4O4S/c1-3-40-29-15-8-7-12-24(29)20-28(36-31(38)23-10-5-4-6-11-23)32(39)35-26-13-9-14-27(21-26)41-22(2)30(37)34-25-16-18-33-19-17-25/h4-22H,3H2,1-2H3,(H,35,39)(H,36,38)(H,33,34,37)/b28-20+.